The Kier molecular flexibility index (Phi) is 5.65. The second kappa shape index (κ2) is 8.70. The standard InChI is InChI=1S/C22H19N3O6/c1-29-16-10-8-15(9-11-16)17-13-19(21-7-4-12-30-21)24(23-17)22(26)14-31-20-6-3-2-5-18(20)25(27)28/h2-12,19H,13-14H2,1H3. The molecule has 0 fully saturated rings. The van der Waals surface area contributed by atoms with Crippen molar-refractivity contribution in [2.75, 3.05) is 13.7 Å². The SMILES string of the molecule is COc1ccc(C2=NN(C(=O)COc3ccccc3[N+](=O)[O-])C(c3ccco3)C2)cc1. The number of nitrogens with zero attached hydrogens (tertiary/aromatic N) is 3. The first-order valence-electron chi connectivity index (χ1n) is 9.50. The minimum atomic E-state index is -0.554. The van der Waals surface area contributed by atoms with Crippen molar-refractivity contribution in [1.82, 2.24) is 5.01 Å². The summed E-state index contributed by atoms with van der Waals surface area (Å²) >= 11 is 0. The van der Waals surface area contributed by atoms with Crippen LogP contribution >= 0.6 is 0 Å². The maximum Gasteiger partial charge on any atom is 0.310 e. The van der Waals surface area contributed by atoms with Crippen molar-refractivity contribution >= 4 is 17.3 Å². The molecule has 4 rings (SSSR count). The number of benzene rings is 2. The van der Waals surface area contributed by atoms with Crippen molar-refractivity contribution in [3.63, 3.8) is 0 Å². The van der Waals surface area contributed by atoms with Crippen molar-refractivity contribution in [3.8, 4) is 11.5 Å². The Morgan fingerprint density at radius 1 is 1.19 bits per heavy atom. The summed E-state index contributed by atoms with van der Waals surface area (Å²) < 4.78 is 16.2. The summed E-state index contributed by atoms with van der Waals surface area (Å²) in [4.78, 5) is 23.6. The zero-order chi connectivity index (χ0) is 21.8. The largest absolute Gasteiger partial charge is 0.497 e. The molecule has 1 atom stereocenters. The Bertz CT molecular complexity index is 1110. The first-order chi connectivity index (χ1) is 15.1. The molecule has 9 heteroatoms. The molecule has 0 aliphatic carbocycles. The lowest BCUT2D eigenvalue weighted by atomic mass is 10.0. The van der Waals surface area contributed by atoms with E-state index in [1.807, 2.05) is 24.3 Å². The summed E-state index contributed by atoms with van der Waals surface area (Å²) in [6.45, 7) is -0.401. The normalized spacial score (nSPS) is 15.5. The average molecular weight is 421 g/mol. The van der Waals surface area contributed by atoms with Gasteiger partial charge >= 0.3 is 5.69 Å². The Balaban J connectivity index is 1.56. The van der Waals surface area contributed by atoms with Gasteiger partial charge in [0, 0.05) is 12.5 Å². The third kappa shape index (κ3) is 4.25. The van der Waals surface area contributed by atoms with Crippen LogP contribution in [0.25, 0.3) is 0 Å². The van der Waals surface area contributed by atoms with E-state index in [2.05, 4.69) is 5.10 Å². The van der Waals surface area contributed by atoms with Crippen molar-refractivity contribution in [3.05, 3.63) is 88.4 Å². The van der Waals surface area contributed by atoms with Crippen LogP contribution in [0.1, 0.15) is 23.8 Å². The van der Waals surface area contributed by atoms with Crippen LogP contribution in [0.2, 0.25) is 0 Å². The number of carbonyl (C=O) groups excluding carboxylic acids is 1. The average Bonchev–Trinajstić information content (AvgIpc) is 3.47. The fourth-order valence-corrected chi connectivity index (χ4v) is 3.34. The van der Waals surface area contributed by atoms with Crippen LogP contribution in [0.15, 0.2) is 76.4 Å². The van der Waals surface area contributed by atoms with Gasteiger partial charge in [0.05, 0.1) is 24.0 Å². The molecule has 1 unspecified atom stereocenters. The van der Waals surface area contributed by atoms with E-state index in [4.69, 9.17) is 13.9 Å². The lowest BCUT2D eigenvalue weighted by molar-refractivity contribution is -0.385. The zero-order valence-electron chi connectivity index (χ0n) is 16.6. The van der Waals surface area contributed by atoms with Gasteiger partial charge in [-0.05, 0) is 48.0 Å². The highest BCUT2D eigenvalue weighted by Gasteiger charge is 2.35. The van der Waals surface area contributed by atoms with Gasteiger partial charge in [-0.15, -0.1) is 0 Å². The zero-order valence-corrected chi connectivity index (χ0v) is 16.6. The van der Waals surface area contributed by atoms with E-state index in [9.17, 15) is 14.9 Å². The Morgan fingerprint density at radius 2 is 1.97 bits per heavy atom. The Labute approximate surface area is 177 Å². The highest BCUT2D eigenvalue weighted by atomic mass is 16.6. The van der Waals surface area contributed by atoms with Crippen molar-refractivity contribution in [2.45, 2.75) is 12.5 Å². The number of furan rings is 1. The number of methoxy groups -OCH3 is 1. The van der Waals surface area contributed by atoms with Gasteiger partial charge in [-0.2, -0.15) is 5.10 Å². The summed E-state index contributed by atoms with van der Waals surface area (Å²) in [5, 5.41) is 17.0. The molecule has 0 spiro atoms. The quantitative estimate of drug-likeness (QED) is 0.422. The maximum atomic E-state index is 12.9. The van der Waals surface area contributed by atoms with E-state index in [0.29, 0.717) is 17.9 Å². The lowest BCUT2D eigenvalue weighted by Gasteiger charge is -2.19. The van der Waals surface area contributed by atoms with Crippen LogP contribution in [0.5, 0.6) is 11.5 Å². The molecule has 9 nitrogen and oxygen atoms in total. The number of nitro benzene ring substituents is 1. The minimum absolute atomic E-state index is 0.0222. The number of para-hydroxylation sites is 2. The second-order valence-corrected chi connectivity index (χ2v) is 6.76. The van der Waals surface area contributed by atoms with Gasteiger partial charge in [0.25, 0.3) is 5.91 Å². The van der Waals surface area contributed by atoms with Gasteiger partial charge in [-0.3, -0.25) is 14.9 Å². The van der Waals surface area contributed by atoms with Crippen LogP contribution in [-0.2, 0) is 4.79 Å². The van der Waals surface area contributed by atoms with E-state index in [1.54, 1.807) is 25.3 Å². The van der Waals surface area contributed by atoms with Crippen molar-refractivity contribution in [2.24, 2.45) is 5.10 Å². The second-order valence-electron chi connectivity index (χ2n) is 6.76. The molecule has 0 radical (unpaired) electrons. The molecular formula is C22H19N3O6. The maximum absolute atomic E-state index is 12.9. The highest BCUT2D eigenvalue weighted by Crippen LogP contribution is 2.34. The van der Waals surface area contributed by atoms with Gasteiger partial charge in [-0.1, -0.05) is 12.1 Å². The summed E-state index contributed by atoms with van der Waals surface area (Å²) in [5.74, 6) is 0.888. The van der Waals surface area contributed by atoms with E-state index in [1.165, 1.54) is 29.5 Å². The lowest BCUT2D eigenvalue weighted by Crippen LogP contribution is -2.31. The monoisotopic (exact) mass is 421 g/mol. The van der Waals surface area contributed by atoms with Crippen LogP contribution < -0.4 is 9.47 Å². The molecule has 3 aromatic rings. The van der Waals surface area contributed by atoms with E-state index < -0.39 is 23.5 Å². The molecule has 0 saturated heterocycles. The summed E-state index contributed by atoms with van der Waals surface area (Å²) in [6.07, 6.45) is 1.99. The molecule has 0 N–H and O–H groups in total. The van der Waals surface area contributed by atoms with Crippen LogP contribution in [-0.4, -0.2) is 35.3 Å². The Hall–Kier alpha value is -4.14. The number of rotatable bonds is 7. The number of hydrogen-bond acceptors (Lipinski definition) is 7. The number of amides is 1. The third-order valence-electron chi connectivity index (χ3n) is 4.87. The van der Waals surface area contributed by atoms with E-state index >= 15 is 0 Å². The fraction of sp³-hybridized carbons (Fsp3) is 0.182. The number of carbonyl (C=O) groups is 1. The molecule has 158 valence electrons. The predicted molar refractivity (Wildman–Crippen MR) is 111 cm³/mol. The third-order valence-corrected chi connectivity index (χ3v) is 4.87. The molecular weight excluding hydrogens is 402 g/mol. The topological polar surface area (TPSA) is 107 Å². The fourth-order valence-electron chi connectivity index (χ4n) is 3.34. The Morgan fingerprint density at radius 3 is 2.65 bits per heavy atom. The van der Waals surface area contributed by atoms with Crippen LogP contribution in [0.4, 0.5) is 5.69 Å². The number of hydrogen-bond donors (Lipinski definition) is 0. The summed E-state index contributed by atoms with van der Waals surface area (Å²) in [7, 11) is 1.59. The molecule has 2 aromatic carbocycles. The van der Waals surface area contributed by atoms with Crippen LogP contribution in [0, 0.1) is 10.1 Å². The van der Waals surface area contributed by atoms with Gasteiger partial charge in [0.15, 0.2) is 12.4 Å². The van der Waals surface area contributed by atoms with E-state index in [0.717, 1.165) is 11.3 Å². The molecule has 31 heavy (non-hydrogen) atoms. The molecule has 2 heterocycles. The van der Waals surface area contributed by atoms with Crippen LogP contribution in [0.3, 0.4) is 0 Å². The van der Waals surface area contributed by atoms with Gasteiger partial charge in [0.1, 0.15) is 17.6 Å². The van der Waals surface area contributed by atoms with Gasteiger partial charge in [0.2, 0.25) is 0 Å². The first-order valence-corrected chi connectivity index (χ1v) is 9.50. The molecule has 1 aromatic heterocycles. The van der Waals surface area contributed by atoms with Gasteiger partial charge < -0.3 is 13.9 Å². The minimum Gasteiger partial charge on any atom is -0.497 e. The first kappa shape index (κ1) is 20.1. The molecule has 1 amide bonds. The summed E-state index contributed by atoms with van der Waals surface area (Å²) in [6, 6.07) is 16.4. The summed E-state index contributed by atoms with van der Waals surface area (Å²) in [5.41, 5.74) is 1.36. The highest BCUT2D eigenvalue weighted by molar-refractivity contribution is 6.03. The molecule has 1 aliphatic rings. The van der Waals surface area contributed by atoms with E-state index in [-0.39, 0.29) is 11.4 Å². The van der Waals surface area contributed by atoms with Gasteiger partial charge in [-0.25, -0.2) is 5.01 Å². The number of ether oxygens (including phenoxy) is 2. The molecule has 1 aliphatic heterocycles. The van der Waals surface area contributed by atoms with Crippen molar-refractivity contribution in [1.29, 1.82) is 0 Å². The number of nitro groups is 1. The molecule has 0 saturated carbocycles. The molecule has 0 bridgehead atoms. The predicted octanol–water partition coefficient (Wildman–Crippen LogP) is 3.95. The van der Waals surface area contributed by atoms with Crippen molar-refractivity contribution < 1.29 is 23.6 Å². The smallest absolute Gasteiger partial charge is 0.310 e. The number of hydrazone groups is 1.